The second-order valence-corrected chi connectivity index (χ2v) is 10.2. The van der Waals surface area contributed by atoms with E-state index in [0.29, 0.717) is 30.2 Å². The van der Waals surface area contributed by atoms with Crippen molar-refractivity contribution in [3.05, 3.63) is 114 Å². The summed E-state index contributed by atoms with van der Waals surface area (Å²) in [6.45, 7) is 1.27. The molecule has 5 rings (SSSR count). The highest BCUT2D eigenvalue weighted by Gasteiger charge is 2.26. The molecular weight excluding hydrogens is 546 g/mol. The summed E-state index contributed by atoms with van der Waals surface area (Å²) in [4.78, 5) is 38.7. The summed E-state index contributed by atoms with van der Waals surface area (Å²) in [5.41, 5.74) is 2.58. The van der Waals surface area contributed by atoms with E-state index < -0.39 is 5.97 Å². The van der Waals surface area contributed by atoms with E-state index in [-0.39, 0.29) is 35.6 Å². The van der Waals surface area contributed by atoms with Crippen LogP contribution in [0.4, 0.5) is 11.4 Å². The van der Waals surface area contributed by atoms with Crippen molar-refractivity contribution >= 4 is 29.2 Å². The minimum atomic E-state index is -1.10. The molecule has 220 valence electrons. The number of carboxylic acid groups (broad SMARTS) is 1. The highest BCUT2D eigenvalue weighted by molar-refractivity contribution is 6.01. The van der Waals surface area contributed by atoms with Gasteiger partial charge in [-0.25, -0.2) is 4.79 Å². The predicted molar refractivity (Wildman–Crippen MR) is 164 cm³/mol. The predicted octanol–water partition coefficient (Wildman–Crippen LogP) is 6.08. The van der Waals surface area contributed by atoms with Crippen molar-refractivity contribution in [3.8, 4) is 17.2 Å². The van der Waals surface area contributed by atoms with Crippen LogP contribution in [-0.2, 0) is 11.2 Å². The number of rotatable bonds is 10. The Bertz CT molecular complexity index is 1580. The number of nitrogens with zero attached hydrogens (tertiary/aromatic N) is 1. The van der Waals surface area contributed by atoms with Crippen molar-refractivity contribution in [1.29, 1.82) is 0 Å². The molecule has 43 heavy (non-hydrogen) atoms. The van der Waals surface area contributed by atoms with Gasteiger partial charge in [-0.2, -0.15) is 0 Å². The normalized spacial score (nSPS) is 13.2. The molecule has 4 aromatic carbocycles. The standard InChI is InChI=1S/C34H33N3O6/c1-35-30-8-4-2-6-28(30)33(39)37-20-18-27(19-21-37)43-26-16-14-25(15-17-26)42-24-12-10-23(11-13-24)22-32(38)36-31-9-5-3-7-29(31)34(40)41/h2-17,27,35H,18-22H2,1H3,(H,36,38)(H,40,41). The molecule has 3 N–H and O–H groups in total. The number of hydrogen-bond donors (Lipinski definition) is 3. The van der Waals surface area contributed by atoms with Crippen LogP contribution in [0.5, 0.6) is 17.2 Å². The Hall–Kier alpha value is -5.31. The third-order valence-electron chi connectivity index (χ3n) is 7.24. The Morgan fingerprint density at radius 3 is 1.95 bits per heavy atom. The summed E-state index contributed by atoms with van der Waals surface area (Å²) in [5, 5.41) is 15.0. The fraction of sp³-hybridized carbons (Fsp3) is 0.206. The number of nitrogens with one attached hydrogen (secondary N) is 2. The molecule has 2 amide bonds. The molecule has 1 saturated heterocycles. The second kappa shape index (κ2) is 13.6. The SMILES string of the molecule is CNc1ccccc1C(=O)N1CCC(Oc2ccc(Oc3ccc(CC(=O)Nc4ccccc4C(=O)O)cc3)cc2)CC1. The lowest BCUT2D eigenvalue weighted by Gasteiger charge is -2.32. The van der Waals surface area contributed by atoms with Gasteiger partial charge in [-0.05, 0) is 66.2 Å². The number of ether oxygens (including phenoxy) is 2. The van der Waals surface area contributed by atoms with Gasteiger partial charge in [0.15, 0.2) is 0 Å². The van der Waals surface area contributed by atoms with Crippen LogP contribution in [0.25, 0.3) is 0 Å². The zero-order chi connectivity index (χ0) is 30.2. The number of anilines is 2. The van der Waals surface area contributed by atoms with E-state index in [9.17, 15) is 19.5 Å². The van der Waals surface area contributed by atoms with Gasteiger partial charge in [0.2, 0.25) is 5.91 Å². The van der Waals surface area contributed by atoms with Gasteiger partial charge in [0.05, 0.1) is 23.2 Å². The molecule has 0 aromatic heterocycles. The van der Waals surface area contributed by atoms with E-state index in [2.05, 4.69) is 10.6 Å². The number of para-hydroxylation sites is 2. The summed E-state index contributed by atoms with van der Waals surface area (Å²) in [6, 6.07) is 28.4. The van der Waals surface area contributed by atoms with Crippen LogP contribution < -0.4 is 20.1 Å². The molecule has 9 nitrogen and oxygen atoms in total. The minimum Gasteiger partial charge on any atom is -0.490 e. The maximum Gasteiger partial charge on any atom is 0.337 e. The summed E-state index contributed by atoms with van der Waals surface area (Å²) in [7, 11) is 1.82. The highest BCUT2D eigenvalue weighted by Crippen LogP contribution is 2.27. The summed E-state index contributed by atoms with van der Waals surface area (Å²) in [5.74, 6) is 0.622. The van der Waals surface area contributed by atoms with Crippen molar-refractivity contribution in [2.45, 2.75) is 25.4 Å². The molecule has 4 aromatic rings. The molecule has 0 aliphatic carbocycles. The van der Waals surface area contributed by atoms with E-state index in [0.717, 1.165) is 29.8 Å². The van der Waals surface area contributed by atoms with Gasteiger partial charge in [-0.1, -0.05) is 36.4 Å². The van der Waals surface area contributed by atoms with Gasteiger partial charge < -0.3 is 30.1 Å². The van der Waals surface area contributed by atoms with Gasteiger partial charge in [0.1, 0.15) is 23.4 Å². The zero-order valence-corrected chi connectivity index (χ0v) is 23.8. The van der Waals surface area contributed by atoms with Crippen molar-refractivity contribution < 1.29 is 29.0 Å². The van der Waals surface area contributed by atoms with Crippen molar-refractivity contribution in [2.75, 3.05) is 30.8 Å². The van der Waals surface area contributed by atoms with Gasteiger partial charge in [-0.3, -0.25) is 9.59 Å². The molecule has 0 saturated carbocycles. The van der Waals surface area contributed by atoms with Gasteiger partial charge in [0.25, 0.3) is 5.91 Å². The quantitative estimate of drug-likeness (QED) is 0.208. The first-order valence-electron chi connectivity index (χ1n) is 14.1. The smallest absolute Gasteiger partial charge is 0.337 e. The molecule has 0 bridgehead atoms. The Morgan fingerprint density at radius 2 is 1.33 bits per heavy atom. The largest absolute Gasteiger partial charge is 0.490 e. The lowest BCUT2D eigenvalue weighted by atomic mass is 10.1. The lowest BCUT2D eigenvalue weighted by Crippen LogP contribution is -2.42. The maximum atomic E-state index is 13.0. The second-order valence-electron chi connectivity index (χ2n) is 10.2. The average Bonchev–Trinajstić information content (AvgIpc) is 3.03. The van der Waals surface area contributed by atoms with E-state index in [1.165, 1.54) is 6.07 Å². The molecule has 1 aliphatic rings. The fourth-order valence-corrected chi connectivity index (χ4v) is 4.98. The minimum absolute atomic E-state index is 0.0257. The summed E-state index contributed by atoms with van der Waals surface area (Å²) < 4.78 is 12.1. The van der Waals surface area contributed by atoms with Gasteiger partial charge >= 0.3 is 5.97 Å². The number of piperidine rings is 1. The van der Waals surface area contributed by atoms with Crippen LogP contribution in [0.15, 0.2) is 97.1 Å². The third kappa shape index (κ3) is 7.51. The summed E-state index contributed by atoms with van der Waals surface area (Å²) in [6.07, 6.45) is 1.62. The number of benzene rings is 4. The first kappa shape index (κ1) is 29.2. The molecule has 1 aliphatic heterocycles. The number of amides is 2. The molecule has 0 radical (unpaired) electrons. The molecule has 0 atom stereocenters. The number of likely N-dealkylation sites (tertiary alicyclic amines) is 1. The van der Waals surface area contributed by atoms with E-state index in [1.54, 1.807) is 42.5 Å². The molecule has 0 spiro atoms. The number of aromatic carboxylic acids is 1. The van der Waals surface area contributed by atoms with E-state index >= 15 is 0 Å². The molecule has 1 fully saturated rings. The Kier molecular flexibility index (Phi) is 9.21. The lowest BCUT2D eigenvalue weighted by molar-refractivity contribution is -0.115. The highest BCUT2D eigenvalue weighted by atomic mass is 16.5. The number of carbonyl (C=O) groups is 3. The fourth-order valence-electron chi connectivity index (χ4n) is 4.98. The van der Waals surface area contributed by atoms with Crippen LogP contribution in [0.3, 0.4) is 0 Å². The first-order valence-corrected chi connectivity index (χ1v) is 14.1. The molecular formula is C34H33N3O6. The Morgan fingerprint density at radius 1 is 0.767 bits per heavy atom. The van der Waals surface area contributed by atoms with E-state index in [4.69, 9.17) is 9.47 Å². The topological polar surface area (TPSA) is 117 Å². The Balaban J connectivity index is 1.08. The molecule has 1 heterocycles. The number of carboxylic acids is 1. The number of hydrogen-bond acceptors (Lipinski definition) is 6. The first-order chi connectivity index (χ1) is 20.9. The van der Waals surface area contributed by atoms with E-state index in [1.807, 2.05) is 60.5 Å². The summed E-state index contributed by atoms with van der Waals surface area (Å²) >= 11 is 0. The van der Waals surface area contributed by atoms with Gasteiger partial charge in [0, 0.05) is 38.7 Å². The maximum absolute atomic E-state index is 13.0. The zero-order valence-electron chi connectivity index (χ0n) is 23.8. The molecule has 9 heteroatoms. The van der Waals surface area contributed by atoms with Crippen molar-refractivity contribution in [2.24, 2.45) is 0 Å². The van der Waals surface area contributed by atoms with Crippen LogP contribution in [0.1, 0.15) is 39.1 Å². The van der Waals surface area contributed by atoms with Crippen LogP contribution in [0, 0.1) is 0 Å². The van der Waals surface area contributed by atoms with Crippen LogP contribution in [-0.4, -0.2) is 54.0 Å². The van der Waals surface area contributed by atoms with Crippen molar-refractivity contribution in [1.82, 2.24) is 4.90 Å². The average molecular weight is 580 g/mol. The molecule has 0 unspecified atom stereocenters. The van der Waals surface area contributed by atoms with Crippen LogP contribution >= 0.6 is 0 Å². The van der Waals surface area contributed by atoms with Gasteiger partial charge in [-0.15, -0.1) is 0 Å². The van der Waals surface area contributed by atoms with Crippen molar-refractivity contribution in [3.63, 3.8) is 0 Å². The third-order valence-corrected chi connectivity index (χ3v) is 7.24. The van der Waals surface area contributed by atoms with Crippen LogP contribution in [0.2, 0.25) is 0 Å². The number of carbonyl (C=O) groups excluding carboxylic acids is 2. The Labute approximate surface area is 250 Å². The monoisotopic (exact) mass is 579 g/mol.